The van der Waals surface area contributed by atoms with Crippen LogP contribution < -0.4 is 10.1 Å². The molecule has 0 saturated carbocycles. The monoisotopic (exact) mass is 331 g/mol. The normalized spacial score (nSPS) is 11.3. The number of hydrogen-bond donors (Lipinski definition) is 1. The van der Waals surface area contributed by atoms with Gasteiger partial charge in [-0.3, -0.25) is 0 Å². The van der Waals surface area contributed by atoms with E-state index in [1.807, 2.05) is 30.3 Å². The first-order chi connectivity index (χ1) is 11.3. The van der Waals surface area contributed by atoms with Gasteiger partial charge < -0.3 is 15.0 Å². The molecule has 0 saturated heterocycles. The Balaban J connectivity index is 1.78. The fourth-order valence-corrected chi connectivity index (χ4v) is 2.84. The van der Waals surface area contributed by atoms with Gasteiger partial charge in [0.25, 0.3) is 0 Å². The Morgan fingerprint density at radius 3 is 2.74 bits per heavy atom. The Labute approximate surface area is 142 Å². The molecule has 1 aromatic heterocycles. The third kappa shape index (κ3) is 6.32. The summed E-state index contributed by atoms with van der Waals surface area (Å²) < 4.78 is 5.68. The van der Waals surface area contributed by atoms with Crippen LogP contribution in [0.3, 0.4) is 0 Å². The number of benzene rings is 1. The highest BCUT2D eigenvalue weighted by Crippen LogP contribution is 2.09. The van der Waals surface area contributed by atoms with E-state index in [9.17, 15) is 0 Å². The summed E-state index contributed by atoms with van der Waals surface area (Å²) in [6.45, 7) is 5.12. The minimum Gasteiger partial charge on any atom is -0.492 e. The maximum Gasteiger partial charge on any atom is 0.193 e. The van der Waals surface area contributed by atoms with Crippen LogP contribution in [0.2, 0.25) is 0 Å². The number of nitrogens with one attached hydrogen (secondary N) is 1. The minimum atomic E-state index is 0.581. The second-order valence-corrected chi connectivity index (χ2v) is 6.18. The van der Waals surface area contributed by atoms with Crippen molar-refractivity contribution in [1.82, 2.24) is 10.2 Å². The van der Waals surface area contributed by atoms with Gasteiger partial charge in [0.15, 0.2) is 5.96 Å². The smallest absolute Gasteiger partial charge is 0.193 e. The van der Waals surface area contributed by atoms with Crippen LogP contribution in [0.5, 0.6) is 5.75 Å². The number of hydrogen-bond acceptors (Lipinski definition) is 3. The van der Waals surface area contributed by atoms with Gasteiger partial charge in [0, 0.05) is 25.0 Å². The van der Waals surface area contributed by atoms with Crippen molar-refractivity contribution in [3.05, 3.63) is 52.7 Å². The summed E-state index contributed by atoms with van der Waals surface area (Å²) >= 11 is 1.80. The van der Waals surface area contributed by atoms with Crippen molar-refractivity contribution in [3.8, 4) is 5.75 Å². The molecule has 124 valence electrons. The Hall–Kier alpha value is -2.01. The molecule has 0 aliphatic heterocycles. The maximum absolute atomic E-state index is 5.68. The molecule has 4 nitrogen and oxygen atoms in total. The zero-order valence-electron chi connectivity index (χ0n) is 13.9. The summed E-state index contributed by atoms with van der Waals surface area (Å²) in [5, 5.41) is 5.46. The van der Waals surface area contributed by atoms with Crippen LogP contribution in [-0.4, -0.2) is 44.1 Å². The number of ether oxygens (including phenoxy) is 1. The molecule has 0 fully saturated rings. The molecule has 2 aromatic rings. The molecule has 0 atom stereocenters. The Bertz CT molecular complexity index is 569. The van der Waals surface area contributed by atoms with Gasteiger partial charge >= 0.3 is 0 Å². The van der Waals surface area contributed by atoms with Crippen LogP contribution in [0, 0.1) is 0 Å². The van der Waals surface area contributed by atoms with Crippen molar-refractivity contribution in [2.24, 2.45) is 4.99 Å². The molecule has 0 bridgehead atoms. The first kappa shape index (κ1) is 17.3. The molecule has 0 unspecified atom stereocenters. The van der Waals surface area contributed by atoms with Crippen molar-refractivity contribution in [3.63, 3.8) is 0 Å². The first-order valence-electron chi connectivity index (χ1n) is 7.99. The van der Waals surface area contributed by atoms with Gasteiger partial charge in [0.2, 0.25) is 0 Å². The quantitative estimate of drug-likeness (QED) is 0.458. The predicted octanol–water partition coefficient (Wildman–Crippen LogP) is 3.27. The van der Waals surface area contributed by atoms with Crippen molar-refractivity contribution >= 4 is 17.3 Å². The van der Waals surface area contributed by atoms with Gasteiger partial charge in [0.05, 0.1) is 6.54 Å². The van der Waals surface area contributed by atoms with E-state index >= 15 is 0 Å². The topological polar surface area (TPSA) is 36.9 Å². The third-order valence-corrected chi connectivity index (χ3v) is 4.27. The number of likely N-dealkylation sites (N-methyl/N-ethyl adjacent to an activating group) is 1. The number of nitrogens with zero attached hydrogens (tertiary/aromatic N) is 2. The Morgan fingerprint density at radius 1 is 1.22 bits per heavy atom. The summed E-state index contributed by atoms with van der Waals surface area (Å²) in [5.74, 6) is 1.82. The van der Waals surface area contributed by atoms with Crippen LogP contribution in [0.25, 0.3) is 0 Å². The molecule has 0 aliphatic carbocycles. The molecule has 1 aromatic carbocycles. The standard InChI is InChI=1S/C18H25N3OS/c1-3-19-18(21(2)13-11-17-10-7-15-23-17)20-12-14-22-16-8-5-4-6-9-16/h4-10,15H,3,11-14H2,1-2H3,(H,19,20). The molecule has 23 heavy (non-hydrogen) atoms. The lowest BCUT2D eigenvalue weighted by Crippen LogP contribution is -2.40. The number of guanidine groups is 1. The molecule has 5 heteroatoms. The largest absolute Gasteiger partial charge is 0.492 e. The molecular formula is C18H25N3OS. The number of para-hydroxylation sites is 1. The van der Waals surface area contributed by atoms with Gasteiger partial charge in [-0.1, -0.05) is 24.3 Å². The highest BCUT2D eigenvalue weighted by Gasteiger charge is 2.06. The van der Waals surface area contributed by atoms with E-state index in [2.05, 4.69) is 46.7 Å². The zero-order chi connectivity index (χ0) is 16.3. The number of thiophene rings is 1. The highest BCUT2D eigenvalue weighted by molar-refractivity contribution is 7.09. The summed E-state index contributed by atoms with van der Waals surface area (Å²) in [5.41, 5.74) is 0. The van der Waals surface area contributed by atoms with E-state index in [1.54, 1.807) is 11.3 Å². The van der Waals surface area contributed by atoms with E-state index in [0.717, 1.165) is 31.2 Å². The summed E-state index contributed by atoms with van der Waals surface area (Å²) in [4.78, 5) is 8.21. The van der Waals surface area contributed by atoms with Crippen molar-refractivity contribution in [2.45, 2.75) is 13.3 Å². The third-order valence-electron chi connectivity index (χ3n) is 3.33. The van der Waals surface area contributed by atoms with Gasteiger partial charge in [0.1, 0.15) is 12.4 Å². The van der Waals surface area contributed by atoms with Crippen LogP contribution in [0.15, 0.2) is 52.8 Å². The van der Waals surface area contributed by atoms with Gasteiger partial charge in [-0.25, -0.2) is 4.99 Å². The molecule has 0 spiro atoms. The summed E-state index contributed by atoms with van der Waals surface area (Å²) in [7, 11) is 2.08. The fourth-order valence-electron chi connectivity index (χ4n) is 2.14. The average Bonchev–Trinajstić information content (AvgIpc) is 3.10. The summed E-state index contributed by atoms with van der Waals surface area (Å²) in [6, 6.07) is 14.1. The van der Waals surface area contributed by atoms with Gasteiger partial charge in [-0.2, -0.15) is 0 Å². The van der Waals surface area contributed by atoms with Gasteiger partial charge in [-0.15, -0.1) is 11.3 Å². The number of aliphatic imine (C=N–C) groups is 1. The molecule has 1 heterocycles. The predicted molar refractivity (Wildman–Crippen MR) is 98.6 cm³/mol. The Morgan fingerprint density at radius 2 is 2.04 bits per heavy atom. The number of rotatable bonds is 8. The first-order valence-corrected chi connectivity index (χ1v) is 8.87. The summed E-state index contributed by atoms with van der Waals surface area (Å²) in [6.07, 6.45) is 1.04. The lowest BCUT2D eigenvalue weighted by Gasteiger charge is -2.21. The zero-order valence-corrected chi connectivity index (χ0v) is 14.7. The van der Waals surface area contributed by atoms with E-state index in [0.29, 0.717) is 13.2 Å². The molecule has 0 radical (unpaired) electrons. The lowest BCUT2D eigenvalue weighted by molar-refractivity contribution is 0.327. The molecule has 0 aliphatic rings. The van der Waals surface area contributed by atoms with Crippen LogP contribution in [-0.2, 0) is 6.42 Å². The maximum atomic E-state index is 5.68. The van der Waals surface area contributed by atoms with Crippen molar-refractivity contribution in [1.29, 1.82) is 0 Å². The second kappa shape index (κ2) is 9.90. The van der Waals surface area contributed by atoms with Gasteiger partial charge in [-0.05, 0) is 36.9 Å². The van der Waals surface area contributed by atoms with Crippen LogP contribution in [0.1, 0.15) is 11.8 Å². The molecule has 1 N–H and O–H groups in total. The highest BCUT2D eigenvalue weighted by atomic mass is 32.1. The van der Waals surface area contributed by atoms with Crippen LogP contribution >= 0.6 is 11.3 Å². The molecule has 0 amide bonds. The molecule has 2 rings (SSSR count). The van der Waals surface area contributed by atoms with Crippen molar-refractivity contribution < 1.29 is 4.74 Å². The lowest BCUT2D eigenvalue weighted by atomic mass is 10.3. The second-order valence-electron chi connectivity index (χ2n) is 5.15. The Kier molecular flexibility index (Phi) is 7.46. The fraction of sp³-hybridized carbons (Fsp3) is 0.389. The SMILES string of the molecule is CCNC(=NCCOc1ccccc1)N(C)CCc1cccs1. The van der Waals surface area contributed by atoms with E-state index < -0.39 is 0 Å². The average molecular weight is 331 g/mol. The van der Waals surface area contributed by atoms with E-state index in [4.69, 9.17) is 4.74 Å². The van der Waals surface area contributed by atoms with Crippen molar-refractivity contribution in [2.75, 3.05) is 33.3 Å². The van der Waals surface area contributed by atoms with Crippen LogP contribution in [0.4, 0.5) is 0 Å². The van der Waals surface area contributed by atoms with E-state index in [1.165, 1.54) is 4.88 Å². The molecular weight excluding hydrogens is 306 g/mol. The minimum absolute atomic E-state index is 0.581. The van der Waals surface area contributed by atoms with E-state index in [-0.39, 0.29) is 0 Å².